The molecule has 0 spiro atoms. The summed E-state index contributed by atoms with van der Waals surface area (Å²) in [6.07, 6.45) is -3.48. The Bertz CT molecular complexity index is 488. The molecule has 0 atom stereocenters. The number of nitrogens with zero attached hydrogens (tertiary/aromatic N) is 4. The molecule has 1 heterocycles. The van der Waals surface area contributed by atoms with E-state index in [-0.39, 0.29) is 0 Å². The maximum atomic E-state index is 12.3. The number of hydrogen-bond acceptors (Lipinski definition) is 5. The number of aromatic nitrogens is 2. The first-order valence-corrected chi connectivity index (χ1v) is 5.36. The summed E-state index contributed by atoms with van der Waals surface area (Å²) >= 11 is 0. The molecule has 0 saturated heterocycles. The minimum absolute atomic E-state index is 0.410. The number of carbonyl (C=O) groups is 1. The highest BCUT2D eigenvalue weighted by Crippen LogP contribution is 2.16. The molecule has 0 fully saturated rings. The summed E-state index contributed by atoms with van der Waals surface area (Å²) in [7, 11) is 0. The monoisotopic (exact) mass is 296 g/mol. The molecule has 0 aliphatic rings. The van der Waals surface area contributed by atoms with Gasteiger partial charge in [0.25, 0.3) is 0 Å². The Morgan fingerprint density at radius 3 is 2.65 bits per heavy atom. The molecule has 8 nitrogen and oxygen atoms in total. The summed E-state index contributed by atoms with van der Waals surface area (Å²) < 4.78 is 37.6. The van der Waals surface area contributed by atoms with E-state index in [2.05, 4.69) is 5.10 Å². The molecule has 1 rings (SSSR count). The summed E-state index contributed by atoms with van der Waals surface area (Å²) in [5.74, 6) is -1.46. The molecule has 11 heteroatoms. The van der Waals surface area contributed by atoms with Crippen LogP contribution >= 0.6 is 0 Å². The second-order valence-corrected chi connectivity index (χ2v) is 3.78. The van der Waals surface area contributed by atoms with Crippen LogP contribution in [0, 0.1) is 10.1 Å². The highest BCUT2D eigenvalue weighted by molar-refractivity contribution is 5.76. The van der Waals surface area contributed by atoms with Crippen molar-refractivity contribution in [3.8, 4) is 0 Å². The second-order valence-electron chi connectivity index (χ2n) is 3.78. The van der Waals surface area contributed by atoms with Gasteiger partial charge in [0.2, 0.25) is 5.91 Å². The Kier molecular flexibility index (Phi) is 5.02. The van der Waals surface area contributed by atoms with Gasteiger partial charge in [-0.3, -0.25) is 4.79 Å². The van der Waals surface area contributed by atoms with Crippen LogP contribution < -0.4 is 0 Å². The first kappa shape index (κ1) is 15.9. The van der Waals surface area contributed by atoms with Crippen molar-refractivity contribution in [2.75, 3.05) is 19.7 Å². The van der Waals surface area contributed by atoms with Crippen LogP contribution in [-0.4, -0.2) is 56.5 Å². The molecule has 0 bridgehead atoms. The van der Waals surface area contributed by atoms with Crippen LogP contribution in [0.1, 0.15) is 0 Å². The third kappa shape index (κ3) is 4.84. The standard InChI is InChI=1S/C9H11F3N4O4/c10-9(11,12)6-14(3-4-17)8(18)5-15-2-1-7(13-15)16(19)20/h1-2,17H,3-6H2. The fourth-order valence-corrected chi connectivity index (χ4v) is 1.40. The lowest BCUT2D eigenvalue weighted by atomic mass is 10.4. The normalized spacial score (nSPS) is 11.4. The van der Waals surface area contributed by atoms with Crippen LogP contribution in [0.25, 0.3) is 0 Å². The van der Waals surface area contributed by atoms with E-state index in [1.54, 1.807) is 0 Å². The van der Waals surface area contributed by atoms with E-state index in [0.29, 0.717) is 4.90 Å². The van der Waals surface area contributed by atoms with Crippen molar-refractivity contribution in [1.82, 2.24) is 14.7 Å². The first-order chi connectivity index (χ1) is 9.23. The molecule has 0 unspecified atom stereocenters. The number of hydrogen-bond donors (Lipinski definition) is 1. The number of carbonyl (C=O) groups excluding carboxylic acids is 1. The van der Waals surface area contributed by atoms with E-state index < -0.39 is 49.1 Å². The van der Waals surface area contributed by atoms with Gasteiger partial charge in [0, 0.05) is 6.54 Å². The Labute approximate surface area is 110 Å². The van der Waals surface area contributed by atoms with Crippen LogP contribution in [-0.2, 0) is 11.3 Å². The second kappa shape index (κ2) is 6.32. The fraction of sp³-hybridized carbons (Fsp3) is 0.556. The highest BCUT2D eigenvalue weighted by Gasteiger charge is 2.33. The SMILES string of the molecule is O=C(Cn1ccc([N+](=O)[O-])n1)N(CCO)CC(F)(F)F. The van der Waals surface area contributed by atoms with Crippen molar-refractivity contribution in [1.29, 1.82) is 0 Å². The zero-order valence-corrected chi connectivity index (χ0v) is 10.1. The fourth-order valence-electron chi connectivity index (χ4n) is 1.40. The first-order valence-electron chi connectivity index (χ1n) is 5.36. The maximum Gasteiger partial charge on any atom is 0.406 e. The maximum absolute atomic E-state index is 12.3. The van der Waals surface area contributed by atoms with Gasteiger partial charge < -0.3 is 20.1 Å². The summed E-state index contributed by atoms with van der Waals surface area (Å²) in [5.41, 5.74) is 0. The van der Waals surface area contributed by atoms with E-state index in [1.165, 1.54) is 0 Å². The van der Waals surface area contributed by atoms with Crippen LogP contribution in [0.15, 0.2) is 12.3 Å². The topological polar surface area (TPSA) is 102 Å². The van der Waals surface area contributed by atoms with Gasteiger partial charge in [-0.25, -0.2) is 0 Å². The molecular weight excluding hydrogens is 285 g/mol. The van der Waals surface area contributed by atoms with Crippen LogP contribution in [0.5, 0.6) is 0 Å². The molecule has 20 heavy (non-hydrogen) atoms. The largest absolute Gasteiger partial charge is 0.406 e. The van der Waals surface area contributed by atoms with Gasteiger partial charge in [-0.1, -0.05) is 0 Å². The lowest BCUT2D eigenvalue weighted by Crippen LogP contribution is -2.42. The summed E-state index contributed by atoms with van der Waals surface area (Å²) in [4.78, 5) is 21.6. The zero-order valence-electron chi connectivity index (χ0n) is 10.1. The smallest absolute Gasteiger partial charge is 0.395 e. The molecule has 1 aromatic rings. The van der Waals surface area contributed by atoms with E-state index in [4.69, 9.17) is 5.11 Å². The molecule has 0 aromatic carbocycles. The summed E-state index contributed by atoms with van der Waals surface area (Å²) in [6.45, 7) is -3.19. The van der Waals surface area contributed by atoms with Crippen molar-refractivity contribution in [3.63, 3.8) is 0 Å². The van der Waals surface area contributed by atoms with Crippen LogP contribution in [0.2, 0.25) is 0 Å². The lowest BCUT2D eigenvalue weighted by Gasteiger charge is -2.22. The number of aliphatic hydroxyl groups is 1. The zero-order chi connectivity index (χ0) is 15.3. The quantitative estimate of drug-likeness (QED) is 0.596. The number of rotatable bonds is 6. The predicted octanol–water partition coefficient (Wildman–Crippen LogP) is 0.174. The van der Waals surface area contributed by atoms with E-state index in [9.17, 15) is 28.1 Å². The lowest BCUT2D eigenvalue weighted by molar-refractivity contribution is -0.389. The number of halogens is 3. The van der Waals surface area contributed by atoms with Gasteiger partial charge in [-0.05, 0) is 4.92 Å². The van der Waals surface area contributed by atoms with Crippen molar-refractivity contribution >= 4 is 11.7 Å². The van der Waals surface area contributed by atoms with Gasteiger partial charge >= 0.3 is 12.0 Å². The Morgan fingerprint density at radius 1 is 1.55 bits per heavy atom. The van der Waals surface area contributed by atoms with Gasteiger partial charge in [-0.15, -0.1) is 0 Å². The minimum atomic E-state index is -4.60. The minimum Gasteiger partial charge on any atom is -0.395 e. The molecule has 0 radical (unpaired) electrons. The highest BCUT2D eigenvalue weighted by atomic mass is 19.4. The van der Waals surface area contributed by atoms with Crippen LogP contribution in [0.3, 0.4) is 0 Å². The van der Waals surface area contributed by atoms with Crippen molar-refractivity contribution in [3.05, 3.63) is 22.4 Å². The van der Waals surface area contributed by atoms with E-state index >= 15 is 0 Å². The number of nitro groups is 1. The Balaban J connectivity index is 2.72. The average Bonchev–Trinajstić information content (AvgIpc) is 2.75. The summed E-state index contributed by atoms with van der Waals surface area (Å²) in [6, 6.07) is 1.02. The molecule has 0 saturated carbocycles. The molecule has 1 amide bonds. The Hall–Kier alpha value is -2.17. The average molecular weight is 296 g/mol. The molecule has 1 aromatic heterocycles. The van der Waals surface area contributed by atoms with Gasteiger partial charge in [-0.2, -0.15) is 17.9 Å². The molecule has 112 valence electrons. The Morgan fingerprint density at radius 2 is 2.20 bits per heavy atom. The van der Waals surface area contributed by atoms with Crippen molar-refractivity contribution in [2.45, 2.75) is 12.7 Å². The molecule has 0 aliphatic carbocycles. The number of amides is 1. The van der Waals surface area contributed by atoms with Crippen molar-refractivity contribution < 1.29 is 28.0 Å². The molecular formula is C9H11F3N4O4. The van der Waals surface area contributed by atoms with E-state index in [1.807, 2.05) is 0 Å². The van der Waals surface area contributed by atoms with Gasteiger partial charge in [0.15, 0.2) is 0 Å². The molecule has 0 aliphatic heterocycles. The van der Waals surface area contributed by atoms with Crippen molar-refractivity contribution in [2.24, 2.45) is 0 Å². The summed E-state index contributed by atoms with van der Waals surface area (Å²) in [5, 5.41) is 22.4. The predicted molar refractivity (Wildman–Crippen MR) is 58.6 cm³/mol. The third-order valence-corrected chi connectivity index (χ3v) is 2.20. The molecule has 1 N–H and O–H groups in total. The van der Waals surface area contributed by atoms with E-state index in [0.717, 1.165) is 16.9 Å². The number of aliphatic hydroxyl groups excluding tert-OH is 1. The van der Waals surface area contributed by atoms with Crippen LogP contribution in [0.4, 0.5) is 19.0 Å². The van der Waals surface area contributed by atoms with Gasteiger partial charge in [0.05, 0.1) is 24.0 Å². The number of alkyl halides is 3. The third-order valence-electron chi connectivity index (χ3n) is 2.20. The van der Waals surface area contributed by atoms with Gasteiger partial charge in [0.1, 0.15) is 13.1 Å².